The summed E-state index contributed by atoms with van der Waals surface area (Å²) in [5.41, 5.74) is 0.747. The van der Waals surface area contributed by atoms with Gasteiger partial charge in [-0.2, -0.15) is 13.2 Å². The second-order valence-electron chi connectivity index (χ2n) is 5.66. The first-order valence-electron chi connectivity index (χ1n) is 8.36. The SMILES string of the molecule is CCOc1ccc(NC(=O)CSc2nc(C(F)(F)F)nc3ccccc23)cc1. The van der Waals surface area contributed by atoms with Crippen LogP contribution < -0.4 is 10.1 Å². The second-order valence-corrected chi connectivity index (χ2v) is 6.63. The summed E-state index contributed by atoms with van der Waals surface area (Å²) in [6, 6.07) is 13.2. The van der Waals surface area contributed by atoms with E-state index in [9.17, 15) is 18.0 Å². The Bertz CT molecular complexity index is 978. The summed E-state index contributed by atoms with van der Waals surface area (Å²) in [6.07, 6.45) is -4.66. The third kappa shape index (κ3) is 4.92. The number of carbonyl (C=O) groups excluding carboxylic acids is 1. The molecule has 0 spiro atoms. The van der Waals surface area contributed by atoms with Gasteiger partial charge in [-0.1, -0.05) is 30.0 Å². The van der Waals surface area contributed by atoms with Crippen molar-refractivity contribution < 1.29 is 22.7 Å². The van der Waals surface area contributed by atoms with Crippen molar-refractivity contribution >= 4 is 34.3 Å². The number of ether oxygens (including phenoxy) is 1. The van der Waals surface area contributed by atoms with Crippen LogP contribution in [0.15, 0.2) is 53.6 Å². The fourth-order valence-electron chi connectivity index (χ4n) is 2.42. The van der Waals surface area contributed by atoms with Gasteiger partial charge in [0.15, 0.2) is 0 Å². The molecule has 5 nitrogen and oxygen atoms in total. The molecule has 3 aromatic rings. The predicted molar refractivity (Wildman–Crippen MR) is 102 cm³/mol. The zero-order valence-corrected chi connectivity index (χ0v) is 15.6. The molecule has 9 heteroatoms. The Kier molecular flexibility index (Phi) is 6.03. The third-order valence-electron chi connectivity index (χ3n) is 3.61. The fourth-order valence-corrected chi connectivity index (χ4v) is 3.24. The monoisotopic (exact) mass is 407 g/mol. The van der Waals surface area contributed by atoms with E-state index < -0.39 is 12.0 Å². The normalized spacial score (nSPS) is 11.4. The number of fused-ring (bicyclic) bond motifs is 1. The van der Waals surface area contributed by atoms with E-state index in [1.54, 1.807) is 42.5 Å². The van der Waals surface area contributed by atoms with Crippen molar-refractivity contribution in [1.82, 2.24) is 9.97 Å². The predicted octanol–water partition coefficient (Wildman–Crippen LogP) is 4.78. The van der Waals surface area contributed by atoms with Gasteiger partial charge in [-0.05, 0) is 37.3 Å². The fraction of sp³-hybridized carbons (Fsp3) is 0.211. The Morgan fingerprint density at radius 2 is 1.82 bits per heavy atom. The lowest BCUT2D eigenvalue weighted by Crippen LogP contribution is -2.15. The maximum absolute atomic E-state index is 13.0. The molecule has 3 rings (SSSR count). The number of hydrogen-bond donors (Lipinski definition) is 1. The maximum Gasteiger partial charge on any atom is 0.451 e. The van der Waals surface area contributed by atoms with Gasteiger partial charge in [0.1, 0.15) is 10.8 Å². The summed E-state index contributed by atoms with van der Waals surface area (Å²) >= 11 is 0.931. The average Bonchev–Trinajstić information content (AvgIpc) is 2.67. The van der Waals surface area contributed by atoms with E-state index in [1.807, 2.05) is 6.92 Å². The lowest BCUT2D eigenvalue weighted by Gasteiger charge is -2.10. The van der Waals surface area contributed by atoms with Crippen LogP contribution in [0.5, 0.6) is 5.75 Å². The molecular formula is C19H16F3N3O2S. The number of alkyl halides is 3. The van der Waals surface area contributed by atoms with Gasteiger partial charge < -0.3 is 10.1 Å². The summed E-state index contributed by atoms with van der Waals surface area (Å²) in [4.78, 5) is 19.4. The zero-order valence-electron chi connectivity index (χ0n) is 14.8. The molecule has 0 aliphatic carbocycles. The molecule has 1 aromatic heterocycles. The highest BCUT2D eigenvalue weighted by Gasteiger charge is 2.35. The first kappa shape index (κ1) is 19.9. The molecule has 28 heavy (non-hydrogen) atoms. The zero-order chi connectivity index (χ0) is 20.1. The molecule has 0 aliphatic heterocycles. The number of rotatable bonds is 6. The Morgan fingerprint density at radius 1 is 1.11 bits per heavy atom. The quantitative estimate of drug-likeness (QED) is 0.471. The van der Waals surface area contributed by atoms with Gasteiger partial charge in [0.2, 0.25) is 11.7 Å². The summed E-state index contributed by atoms with van der Waals surface area (Å²) in [7, 11) is 0. The first-order chi connectivity index (χ1) is 13.4. The van der Waals surface area contributed by atoms with Crippen molar-refractivity contribution in [3.63, 3.8) is 0 Å². The molecule has 146 valence electrons. The molecule has 0 unspecified atom stereocenters. The molecule has 1 amide bonds. The van der Waals surface area contributed by atoms with Crippen LogP contribution in [0.25, 0.3) is 10.9 Å². The van der Waals surface area contributed by atoms with Crippen LogP contribution in [0.4, 0.5) is 18.9 Å². The number of nitrogens with zero attached hydrogens (tertiary/aromatic N) is 2. The molecular weight excluding hydrogens is 391 g/mol. The molecule has 0 saturated carbocycles. The molecule has 0 bridgehead atoms. The van der Waals surface area contributed by atoms with Crippen LogP contribution in [0.3, 0.4) is 0 Å². The van der Waals surface area contributed by atoms with Crippen molar-refractivity contribution in [2.75, 3.05) is 17.7 Å². The van der Waals surface area contributed by atoms with Gasteiger partial charge in [0.25, 0.3) is 0 Å². The van der Waals surface area contributed by atoms with Crippen LogP contribution in [0, 0.1) is 0 Å². The topological polar surface area (TPSA) is 64.1 Å². The number of aromatic nitrogens is 2. The van der Waals surface area contributed by atoms with Crippen LogP contribution in [0.2, 0.25) is 0 Å². The molecule has 0 saturated heterocycles. The van der Waals surface area contributed by atoms with E-state index in [0.717, 1.165) is 11.8 Å². The summed E-state index contributed by atoms with van der Waals surface area (Å²) in [5, 5.41) is 3.27. The minimum absolute atomic E-state index is 0.0917. The molecule has 1 N–H and O–H groups in total. The molecule has 0 atom stereocenters. The number of carbonyl (C=O) groups is 1. The number of hydrogen-bond acceptors (Lipinski definition) is 5. The van der Waals surface area contributed by atoms with Crippen molar-refractivity contribution in [3.8, 4) is 5.75 Å². The maximum atomic E-state index is 13.0. The van der Waals surface area contributed by atoms with Gasteiger partial charge in [-0.25, -0.2) is 9.97 Å². The standard InChI is InChI=1S/C19H16F3N3O2S/c1-2-27-13-9-7-12(8-10-13)23-16(26)11-28-17-14-5-3-4-6-15(14)24-18(25-17)19(20,21)22/h3-10H,2,11H2,1H3,(H,23,26). The highest BCUT2D eigenvalue weighted by atomic mass is 32.2. The van der Waals surface area contributed by atoms with E-state index in [1.165, 1.54) is 6.07 Å². The van der Waals surface area contributed by atoms with Crippen molar-refractivity contribution in [2.24, 2.45) is 0 Å². The van der Waals surface area contributed by atoms with E-state index in [4.69, 9.17) is 4.74 Å². The van der Waals surface area contributed by atoms with E-state index in [-0.39, 0.29) is 22.2 Å². The van der Waals surface area contributed by atoms with Crippen LogP contribution >= 0.6 is 11.8 Å². The Balaban J connectivity index is 1.72. The van der Waals surface area contributed by atoms with Gasteiger partial charge in [-0.3, -0.25) is 4.79 Å². The van der Waals surface area contributed by atoms with Gasteiger partial charge >= 0.3 is 6.18 Å². The summed E-state index contributed by atoms with van der Waals surface area (Å²) in [5.74, 6) is -0.987. The number of halogens is 3. The third-order valence-corrected chi connectivity index (χ3v) is 4.60. The number of benzene rings is 2. The lowest BCUT2D eigenvalue weighted by atomic mass is 10.2. The number of para-hydroxylation sites is 1. The first-order valence-corrected chi connectivity index (χ1v) is 9.35. The minimum Gasteiger partial charge on any atom is -0.494 e. The highest BCUT2D eigenvalue weighted by molar-refractivity contribution is 8.00. The number of nitrogens with one attached hydrogen (secondary N) is 1. The van der Waals surface area contributed by atoms with Crippen molar-refractivity contribution in [2.45, 2.75) is 18.1 Å². The van der Waals surface area contributed by atoms with Gasteiger partial charge in [0.05, 0.1) is 17.9 Å². The van der Waals surface area contributed by atoms with E-state index in [2.05, 4.69) is 15.3 Å². The molecule has 2 aromatic carbocycles. The number of anilines is 1. The van der Waals surface area contributed by atoms with Crippen LogP contribution in [-0.2, 0) is 11.0 Å². The summed E-state index contributed by atoms with van der Waals surface area (Å²) < 4.78 is 44.5. The lowest BCUT2D eigenvalue weighted by molar-refractivity contribution is -0.145. The van der Waals surface area contributed by atoms with Crippen LogP contribution in [-0.4, -0.2) is 28.2 Å². The average molecular weight is 407 g/mol. The Labute approximate surface area is 163 Å². The van der Waals surface area contributed by atoms with Gasteiger partial charge in [0, 0.05) is 11.1 Å². The van der Waals surface area contributed by atoms with Crippen LogP contribution in [0.1, 0.15) is 12.7 Å². The molecule has 0 aliphatic rings. The highest BCUT2D eigenvalue weighted by Crippen LogP contribution is 2.32. The largest absolute Gasteiger partial charge is 0.494 e. The van der Waals surface area contributed by atoms with E-state index >= 15 is 0 Å². The second kappa shape index (κ2) is 8.47. The smallest absolute Gasteiger partial charge is 0.451 e. The molecule has 0 radical (unpaired) electrons. The molecule has 0 fully saturated rings. The Morgan fingerprint density at radius 3 is 2.50 bits per heavy atom. The van der Waals surface area contributed by atoms with Crippen molar-refractivity contribution in [3.05, 3.63) is 54.4 Å². The summed E-state index contributed by atoms with van der Waals surface area (Å²) in [6.45, 7) is 2.41. The number of amides is 1. The van der Waals surface area contributed by atoms with Gasteiger partial charge in [-0.15, -0.1) is 0 Å². The van der Waals surface area contributed by atoms with Crippen molar-refractivity contribution in [1.29, 1.82) is 0 Å². The Hall–Kier alpha value is -2.81. The number of thioether (sulfide) groups is 1. The molecule has 1 heterocycles. The van der Waals surface area contributed by atoms with E-state index in [0.29, 0.717) is 23.4 Å². The minimum atomic E-state index is -4.66.